The molecule has 0 spiro atoms. The molecule has 2 saturated heterocycles. The lowest BCUT2D eigenvalue weighted by atomic mass is 9.47. The number of ether oxygens (including phenoxy) is 4. The summed E-state index contributed by atoms with van der Waals surface area (Å²) in [4.78, 5) is 0. The number of aliphatic hydroxyl groups is 1. The number of hydrogen-bond donors (Lipinski definition) is 1. The van der Waals surface area contributed by atoms with Crippen LogP contribution in [0.4, 0.5) is 0 Å². The molecule has 6 rings (SSSR count). The zero-order valence-corrected chi connectivity index (χ0v) is 21.4. The summed E-state index contributed by atoms with van der Waals surface area (Å²) in [6, 6.07) is 0. The number of allylic oxidation sites excluding steroid dienone is 1. The van der Waals surface area contributed by atoms with Gasteiger partial charge in [-0.1, -0.05) is 25.5 Å². The van der Waals surface area contributed by atoms with Gasteiger partial charge in [0.1, 0.15) is 0 Å². The molecule has 2 aliphatic heterocycles. The third-order valence-electron chi connectivity index (χ3n) is 11.0. The number of hydrogen-bond acceptors (Lipinski definition) is 5. The first-order valence-corrected chi connectivity index (χ1v) is 14.4. The van der Waals surface area contributed by atoms with Gasteiger partial charge in [0.15, 0.2) is 12.6 Å². The van der Waals surface area contributed by atoms with Gasteiger partial charge in [0.25, 0.3) is 0 Å². The second-order valence-corrected chi connectivity index (χ2v) is 12.7. The fourth-order valence-corrected chi connectivity index (χ4v) is 8.97. The molecule has 5 fully saturated rings. The average molecular weight is 475 g/mol. The van der Waals surface area contributed by atoms with Gasteiger partial charge < -0.3 is 24.1 Å². The molecule has 1 N–H and O–H groups in total. The second-order valence-electron chi connectivity index (χ2n) is 12.7. The van der Waals surface area contributed by atoms with Gasteiger partial charge in [-0.05, 0) is 100 Å². The minimum Gasteiger partial charge on any atom is -0.393 e. The van der Waals surface area contributed by atoms with Crippen molar-refractivity contribution in [3.63, 3.8) is 0 Å². The molecule has 0 aromatic heterocycles. The molecule has 0 amide bonds. The molecule has 0 bridgehead atoms. The molecule has 6 aliphatic rings. The van der Waals surface area contributed by atoms with Gasteiger partial charge in [-0.2, -0.15) is 0 Å². The predicted molar refractivity (Wildman–Crippen MR) is 130 cm³/mol. The summed E-state index contributed by atoms with van der Waals surface area (Å²) in [5.41, 5.74) is 1.69. The Hall–Kier alpha value is -0.460. The van der Waals surface area contributed by atoms with Crippen LogP contribution in [0.2, 0.25) is 0 Å². The largest absolute Gasteiger partial charge is 0.393 e. The zero-order valence-electron chi connectivity index (χ0n) is 21.4. The van der Waals surface area contributed by atoms with E-state index in [1.165, 1.54) is 25.7 Å². The molecule has 5 heteroatoms. The minimum absolute atomic E-state index is 0.0336. The topological polar surface area (TPSA) is 57.2 Å². The van der Waals surface area contributed by atoms with E-state index in [1.54, 1.807) is 5.57 Å². The number of rotatable bonds is 4. The monoisotopic (exact) mass is 474 g/mol. The smallest absolute Gasteiger partial charge is 0.157 e. The summed E-state index contributed by atoms with van der Waals surface area (Å²) < 4.78 is 25.5. The van der Waals surface area contributed by atoms with E-state index in [1.807, 2.05) is 0 Å². The average Bonchev–Trinajstić information content (AvgIpc) is 3.16. The van der Waals surface area contributed by atoms with Crippen molar-refractivity contribution in [2.24, 2.45) is 28.6 Å². The first-order valence-electron chi connectivity index (χ1n) is 14.4. The summed E-state index contributed by atoms with van der Waals surface area (Å²) in [5, 5.41) is 10.8. The van der Waals surface area contributed by atoms with Crippen LogP contribution in [0.1, 0.15) is 97.3 Å². The molecule has 10 atom stereocenters. The third-order valence-corrected chi connectivity index (χ3v) is 11.0. The van der Waals surface area contributed by atoms with Crippen LogP contribution < -0.4 is 0 Å². The Labute approximate surface area is 205 Å². The highest BCUT2D eigenvalue weighted by Gasteiger charge is 2.61. The maximum atomic E-state index is 10.8. The molecule has 192 valence electrons. The summed E-state index contributed by atoms with van der Waals surface area (Å²) >= 11 is 0. The Morgan fingerprint density at radius 1 is 0.882 bits per heavy atom. The van der Waals surface area contributed by atoms with Crippen molar-refractivity contribution >= 4 is 0 Å². The lowest BCUT2D eigenvalue weighted by Crippen LogP contribution is -2.57. The van der Waals surface area contributed by atoms with Crippen LogP contribution in [0.15, 0.2) is 11.6 Å². The molecular formula is C29H46O5. The van der Waals surface area contributed by atoms with E-state index in [4.69, 9.17) is 18.9 Å². The molecule has 0 radical (unpaired) electrons. The van der Waals surface area contributed by atoms with Crippen molar-refractivity contribution in [2.45, 2.75) is 128 Å². The zero-order chi connectivity index (χ0) is 23.3. The van der Waals surface area contributed by atoms with Crippen LogP contribution in [0, 0.1) is 28.6 Å². The van der Waals surface area contributed by atoms with E-state index in [9.17, 15) is 5.11 Å². The van der Waals surface area contributed by atoms with Gasteiger partial charge in [0.2, 0.25) is 0 Å². The summed E-state index contributed by atoms with van der Waals surface area (Å²) in [5.74, 6) is 1.91. The van der Waals surface area contributed by atoms with Crippen molar-refractivity contribution in [3.05, 3.63) is 11.6 Å². The van der Waals surface area contributed by atoms with Gasteiger partial charge in [0.05, 0.1) is 18.3 Å². The van der Waals surface area contributed by atoms with Crippen LogP contribution >= 0.6 is 0 Å². The third kappa shape index (κ3) is 4.02. The van der Waals surface area contributed by atoms with Gasteiger partial charge in [-0.3, -0.25) is 0 Å². The Kier molecular flexibility index (Phi) is 6.64. The van der Waals surface area contributed by atoms with E-state index in [2.05, 4.69) is 19.9 Å². The van der Waals surface area contributed by atoms with Gasteiger partial charge in [-0.15, -0.1) is 0 Å². The highest BCUT2D eigenvalue weighted by molar-refractivity contribution is 5.28. The van der Waals surface area contributed by atoms with Crippen LogP contribution in [-0.2, 0) is 18.9 Å². The first-order chi connectivity index (χ1) is 16.5. The van der Waals surface area contributed by atoms with E-state index >= 15 is 0 Å². The standard InChI is InChI=1S/C29H46O5/c1-28-14-13-23-21(22(28)11-12-24(28)30)10-9-19-17-20(33-26-7-3-5-15-31-26)18-25(29(19,23)2)34-27-8-4-6-16-32-27/h9,20-27,30H,3-8,10-18H2,1-2H3/t20-,21?,22?,23?,24+,25+,26?,27?,28?,29?/m1/s1. The fourth-order valence-electron chi connectivity index (χ4n) is 8.97. The van der Waals surface area contributed by atoms with Crippen molar-refractivity contribution in [3.8, 4) is 0 Å². The van der Waals surface area contributed by atoms with Crippen LogP contribution in [-0.4, -0.2) is 49.2 Å². The van der Waals surface area contributed by atoms with E-state index in [0.717, 1.165) is 71.0 Å². The van der Waals surface area contributed by atoms with Crippen LogP contribution in [0.3, 0.4) is 0 Å². The maximum absolute atomic E-state index is 10.8. The summed E-state index contributed by atoms with van der Waals surface area (Å²) in [6.45, 7) is 6.51. The van der Waals surface area contributed by atoms with Crippen molar-refractivity contribution < 1.29 is 24.1 Å². The molecular weight excluding hydrogens is 428 g/mol. The molecule has 4 aliphatic carbocycles. The lowest BCUT2D eigenvalue weighted by molar-refractivity contribution is -0.248. The maximum Gasteiger partial charge on any atom is 0.157 e. The predicted octanol–water partition coefficient (Wildman–Crippen LogP) is 5.74. The highest BCUT2D eigenvalue weighted by Crippen LogP contribution is 2.65. The van der Waals surface area contributed by atoms with E-state index < -0.39 is 0 Å². The molecule has 2 heterocycles. The van der Waals surface area contributed by atoms with Crippen molar-refractivity contribution in [1.29, 1.82) is 0 Å². The molecule has 34 heavy (non-hydrogen) atoms. The highest BCUT2D eigenvalue weighted by atomic mass is 16.7. The molecule has 0 aromatic rings. The Morgan fingerprint density at radius 3 is 2.32 bits per heavy atom. The van der Waals surface area contributed by atoms with E-state index in [-0.39, 0.29) is 41.7 Å². The fraction of sp³-hybridized carbons (Fsp3) is 0.931. The van der Waals surface area contributed by atoms with Crippen LogP contribution in [0.5, 0.6) is 0 Å². The van der Waals surface area contributed by atoms with Gasteiger partial charge >= 0.3 is 0 Å². The number of fused-ring (bicyclic) bond motifs is 5. The van der Waals surface area contributed by atoms with Gasteiger partial charge in [-0.25, -0.2) is 0 Å². The normalized spacial score (nSPS) is 51.2. The summed E-state index contributed by atoms with van der Waals surface area (Å²) in [6.07, 6.45) is 16.9. The second kappa shape index (κ2) is 9.45. The summed E-state index contributed by atoms with van der Waals surface area (Å²) in [7, 11) is 0. The minimum atomic E-state index is -0.126. The number of aliphatic hydroxyl groups excluding tert-OH is 1. The SMILES string of the molecule is CC12CCC3C(CC=C4C[C@@H](OC5CCCCO5)C[C@H](OC5CCCCO5)C43C)C1CC[C@@H]2O. The van der Waals surface area contributed by atoms with E-state index in [0.29, 0.717) is 17.8 Å². The van der Waals surface area contributed by atoms with Gasteiger partial charge in [0, 0.05) is 25.0 Å². The Morgan fingerprint density at radius 2 is 1.62 bits per heavy atom. The first kappa shape index (κ1) is 23.9. The van der Waals surface area contributed by atoms with Crippen molar-refractivity contribution in [2.75, 3.05) is 13.2 Å². The van der Waals surface area contributed by atoms with Crippen LogP contribution in [0.25, 0.3) is 0 Å². The Balaban J connectivity index is 1.27. The van der Waals surface area contributed by atoms with Crippen molar-refractivity contribution in [1.82, 2.24) is 0 Å². The Bertz CT molecular complexity index is 756. The quantitative estimate of drug-likeness (QED) is 0.526. The molecule has 7 unspecified atom stereocenters. The molecule has 5 nitrogen and oxygen atoms in total. The lowest BCUT2D eigenvalue weighted by Gasteiger charge is -2.60. The molecule has 0 aromatic carbocycles. The molecule has 3 saturated carbocycles.